The van der Waals surface area contributed by atoms with E-state index < -0.39 is 11.8 Å². The molecule has 0 bridgehead atoms. The number of hydrazone groups is 1. The van der Waals surface area contributed by atoms with Crippen LogP contribution in [0, 0.1) is 0 Å². The number of hydrogen-bond donors (Lipinski definition) is 2. The SMILES string of the molecule is C=CCOc1ccc(/C=N/NC(=O)C(=O)NC(C)C)cc1OCC. The topological polar surface area (TPSA) is 89.0 Å². The summed E-state index contributed by atoms with van der Waals surface area (Å²) in [6.07, 6.45) is 3.06. The Morgan fingerprint density at radius 2 is 2.00 bits per heavy atom. The van der Waals surface area contributed by atoms with Gasteiger partial charge in [-0.3, -0.25) is 9.59 Å². The number of carbonyl (C=O) groups excluding carboxylic acids is 2. The number of carbonyl (C=O) groups is 2. The van der Waals surface area contributed by atoms with E-state index in [1.165, 1.54) is 6.21 Å². The largest absolute Gasteiger partial charge is 0.490 e. The molecule has 0 aliphatic heterocycles. The van der Waals surface area contributed by atoms with Crippen molar-refractivity contribution in [2.24, 2.45) is 5.10 Å². The van der Waals surface area contributed by atoms with Crippen LogP contribution in [0.25, 0.3) is 0 Å². The van der Waals surface area contributed by atoms with E-state index in [-0.39, 0.29) is 6.04 Å². The van der Waals surface area contributed by atoms with Gasteiger partial charge < -0.3 is 14.8 Å². The first-order chi connectivity index (χ1) is 11.5. The summed E-state index contributed by atoms with van der Waals surface area (Å²) in [5.41, 5.74) is 2.86. The van der Waals surface area contributed by atoms with Crippen LogP contribution in [0.2, 0.25) is 0 Å². The van der Waals surface area contributed by atoms with Crippen LogP contribution in [-0.2, 0) is 9.59 Å². The lowest BCUT2D eigenvalue weighted by atomic mass is 10.2. The van der Waals surface area contributed by atoms with Crippen molar-refractivity contribution < 1.29 is 19.1 Å². The molecule has 1 aromatic carbocycles. The van der Waals surface area contributed by atoms with Crippen LogP contribution < -0.4 is 20.2 Å². The van der Waals surface area contributed by atoms with Gasteiger partial charge in [0.25, 0.3) is 0 Å². The molecule has 0 heterocycles. The predicted molar refractivity (Wildman–Crippen MR) is 92.3 cm³/mol. The van der Waals surface area contributed by atoms with Crippen LogP contribution in [0.3, 0.4) is 0 Å². The Kier molecular flexibility index (Phi) is 8.04. The van der Waals surface area contributed by atoms with Crippen LogP contribution in [0.15, 0.2) is 36.0 Å². The summed E-state index contributed by atoms with van der Waals surface area (Å²) in [6.45, 7) is 9.84. The van der Waals surface area contributed by atoms with Gasteiger partial charge in [0.15, 0.2) is 11.5 Å². The second-order valence-electron chi connectivity index (χ2n) is 5.07. The van der Waals surface area contributed by atoms with Crippen LogP contribution in [0.4, 0.5) is 0 Å². The minimum atomic E-state index is -0.823. The molecule has 0 atom stereocenters. The molecule has 0 unspecified atom stereocenters. The average Bonchev–Trinajstić information content (AvgIpc) is 2.53. The first kappa shape index (κ1) is 19.2. The number of nitrogens with one attached hydrogen (secondary N) is 2. The fourth-order valence-electron chi connectivity index (χ4n) is 1.69. The van der Waals surface area contributed by atoms with E-state index >= 15 is 0 Å². The van der Waals surface area contributed by atoms with Gasteiger partial charge in [-0.05, 0) is 44.5 Å². The van der Waals surface area contributed by atoms with Crippen molar-refractivity contribution in [1.82, 2.24) is 10.7 Å². The highest BCUT2D eigenvalue weighted by atomic mass is 16.5. The number of amides is 2. The maximum atomic E-state index is 11.5. The van der Waals surface area contributed by atoms with Gasteiger partial charge in [0.1, 0.15) is 6.61 Å². The molecule has 24 heavy (non-hydrogen) atoms. The van der Waals surface area contributed by atoms with Crippen molar-refractivity contribution in [3.63, 3.8) is 0 Å². The number of nitrogens with zero attached hydrogens (tertiary/aromatic N) is 1. The molecule has 7 nitrogen and oxygen atoms in total. The van der Waals surface area contributed by atoms with Crippen molar-refractivity contribution in [3.05, 3.63) is 36.4 Å². The maximum Gasteiger partial charge on any atom is 0.329 e. The maximum absolute atomic E-state index is 11.5. The van der Waals surface area contributed by atoms with Crippen LogP contribution in [0.5, 0.6) is 11.5 Å². The van der Waals surface area contributed by atoms with Crippen molar-refractivity contribution in [1.29, 1.82) is 0 Å². The normalized spacial score (nSPS) is 10.5. The molecule has 0 aliphatic carbocycles. The van der Waals surface area contributed by atoms with E-state index in [9.17, 15) is 9.59 Å². The molecule has 7 heteroatoms. The Hall–Kier alpha value is -2.83. The van der Waals surface area contributed by atoms with Crippen molar-refractivity contribution in [3.8, 4) is 11.5 Å². The first-order valence-corrected chi connectivity index (χ1v) is 7.62. The second kappa shape index (κ2) is 10.0. The van der Waals surface area contributed by atoms with Crippen molar-refractivity contribution in [2.45, 2.75) is 26.8 Å². The Morgan fingerprint density at radius 3 is 2.62 bits per heavy atom. The van der Waals surface area contributed by atoms with Crippen LogP contribution >= 0.6 is 0 Å². The van der Waals surface area contributed by atoms with Gasteiger partial charge in [-0.15, -0.1) is 0 Å². The van der Waals surface area contributed by atoms with Gasteiger partial charge in [-0.1, -0.05) is 12.7 Å². The fourth-order valence-corrected chi connectivity index (χ4v) is 1.69. The second-order valence-corrected chi connectivity index (χ2v) is 5.07. The summed E-state index contributed by atoms with van der Waals surface area (Å²) in [5.74, 6) is -0.400. The monoisotopic (exact) mass is 333 g/mol. The molecule has 0 aromatic heterocycles. The highest BCUT2D eigenvalue weighted by molar-refractivity contribution is 6.35. The third-order valence-electron chi connectivity index (χ3n) is 2.63. The number of rotatable bonds is 8. The average molecular weight is 333 g/mol. The molecule has 130 valence electrons. The molecule has 0 fully saturated rings. The third-order valence-corrected chi connectivity index (χ3v) is 2.63. The quantitative estimate of drug-likeness (QED) is 0.327. The van der Waals surface area contributed by atoms with Gasteiger partial charge in [0.2, 0.25) is 0 Å². The zero-order chi connectivity index (χ0) is 17.9. The zero-order valence-corrected chi connectivity index (χ0v) is 14.2. The summed E-state index contributed by atoms with van der Waals surface area (Å²) < 4.78 is 11.0. The molecule has 0 saturated heterocycles. The Morgan fingerprint density at radius 1 is 1.25 bits per heavy atom. The van der Waals surface area contributed by atoms with Gasteiger partial charge in [0, 0.05) is 6.04 Å². The first-order valence-electron chi connectivity index (χ1n) is 7.62. The smallest absolute Gasteiger partial charge is 0.329 e. The number of hydrogen-bond acceptors (Lipinski definition) is 5. The lowest BCUT2D eigenvalue weighted by molar-refractivity contribution is -0.139. The molecule has 1 aromatic rings. The van der Waals surface area contributed by atoms with E-state index in [0.717, 1.165) is 0 Å². The van der Waals surface area contributed by atoms with E-state index in [0.29, 0.717) is 30.3 Å². The molecule has 0 aliphatic rings. The van der Waals surface area contributed by atoms with E-state index in [1.807, 2.05) is 6.92 Å². The summed E-state index contributed by atoms with van der Waals surface area (Å²) >= 11 is 0. The standard InChI is InChI=1S/C17H23N3O4/c1-5-9-24-14-8-7-13(10-15(14)23-6-2)11-18-20-17(22)16(21)19-12(3)4/h5,7-8,10-12H,1,6,9H2,2-4H3,(H,19,21)(H,20,22)/b18-11+. The summed E-state index contributed by atoms with van der Waals surface area (Å²) in [4.78, 5) is 23.0. The minimum absolute atomic E-state index is 0.121. The zero-order valence-electron chi connectivity index (χ0n) is 14.2. The van der Waals surface area contributed by atoms with Gasteiger partial charge >= 0.3 is 11.8 Å². The molecular formula is C17H23N3O4. The molecule has 0 spiro atoms. The summed E-state index contributed by atoms with van der Waals surface area (Å²) in [6, 6.07) is 5.10. The lowest BCUT2D eigenvalue weighted by Gasteiger charge is -2.11. The van der Waals surface area contributed by atoms with E-state index in [2.05, 4.69) is 22.4 Å². The van der Waals surface area contributed by atoms with Gasteiger partial charge in [-0.2, -0.15) is 5.10 Å². The summed E-state index contributed by atoms with van der Waals surface area (Å²) in [7, 11) is 0. The molecule has 1 rings (SSSR count). The minimum Gasteiger partial charge on any atom is -0.490 e. The molecule has 0 saturated carbocycles. The molecule has 0 radical (unpaired) electrons. The van der Waals surface area contributed by atoms with Crippen molar-refractivity contribution >= 4 is 18.0 Å². The van der Waals surface area contributed by atoms with Crippen LogP contribution in [-0.4, -0.2) is 37.3 Å². The van der Waals surface area contributed by atoms with E-state index in [1.54, 1.807) is 38.1 Å². The fraction of sp³-hybridized carbons (Fsp3) is 0.353. The molecular weight excluding hydrogens is 310 g/mol. The molecule has 2 N–H and O–H groups in total. The Labute approximate surface area is 141 Å². The number of benzene rings is 1. The highest BCUT2D eigenvalue weighted by Gasteiger charge is 2.13. The Bertz CT molecular complexity index is 612. The van der Waals surface area contributed by atoms with Crippen LogP contribution in [0.1, 0.15) is 26.3 Å². The molecule has 2 amide bonds. The van der Waals surface area contributed by atoms with E-state index in [4.69, 9.17) is 9.47 Å². The number of ether oxygens (including phenoxy) is 2. The highest BCUT2D eigenvalue weighted by Crippen LogP contribution is 2.28. The predicted octanol–water partition coefficient (Wildman–Crippen LogP) is 1.62. The van der Waals surface area contributed by atoms with Gasteiger partial charge in [0.05, 0.1) is 12.8 Å². The van der Waals surface area contributed by atoms with Gasteiger partial charge in [-0.25, -0.2) is 5.43 Å². The lowest BCUT2D eigenvalue weighted by Crippen LogP contribution is -2.41. The summed E-state index contributed by atoms with van der Waals surface area (Å²) in [5, 5.41) is 6.24. The third kappa shape index (κ3) is 6.51. The Balaban J connectivity index is 2.73. The van der Waals surface area contributed by atoms with Crippen molar-refractivity contribution in [2.75, 3.05) is 13.2 Å².